The number of aryl methyl sites for hydroxylation is 1. The third-order valence-electron chi connectivity index (χ3n) is 7.85. The fourth-order valence-corrected chi connectivity index (χ4v) is 5.18. The van der Waals surface area contributed by atoms with E-state index in [0.717, 1.165) is 44.6 Å². The van der Waals surface area contributed by atoms with Gasteiger partial charge in [-0.25, -0.2) is 16.8 Å². The first kappa shape index (κ1) is 49.0. The minimum absolute atomic E-state index is 0. The summed E-state index contributed by atoms with van der Waals surface area (Å²) in [6, 6.07) is 47.1. The third-order valence-corrected chi connectivity index (χ3v) is 8.98. The SMILES string of the molecule is Cc1ccccc1.O=S(=O)([O-])C(F)(F)F.O=S(=O)([O-])C(F)(F)F.[Fe+3].c1ccc(C(c2ccccn2)N(Cc2ccc3ccccc3n2)Cc2ccc3ccccc3n2)nc1. The van der Waals surface area contributed by atoms with Crippen molar-refractivity contribution in [1.29, 1.82) is 0 Å². The van der Waals surface area contributed by atoms with Crippen LogP contribution in [0.3, 0.4) is 0 Å². The normalized spacial score (nSPS) is 11.7. The molecule has 0 aliphatic carbocycles. The number of fused-ring (bicyclic) bond motifs is 2. The van der Waals surface area contributed by atoms with Crippen molar-refractivity contribution in [2.45, 2.75) is 37.1 Å². The molecule has 0 spiro atoms. The zero-order valence-corrected chi connectivity index (χ0v) is 33.8. The third kappa shape index (κ3) is 15.0. The molecule has 0 saturated heterocycles. The number of aromatic nitrogens is 4. The quantitative estimate of drug-likeness (QED) is 0.0651. The van der Waals surface area contributed by atoms with E-state index in [4.69, 9.17) is 45.9 Å². The molecule has 315 valence electrons. The Kier molecular flexibility index (Phi) is 17.8. The Morgan fingerprint density at radius 1 is 0.533 bits per heavy atom. The molecule has 4 heterocycles. The van der Waals surface area contributed by atoms with Crippen molar-refractivity contribution >= 4 is 42.0 Å². The zero-order chi connectivity index (χ0) is 43.3. The van der Waals surface area contributed by atoms with Gasteiger partial charge in [-0.3, -0.25) is 24.8 Å². The van der Waals surface area contributed by atoms with Crippen molar-refractivity contribution in [2.24, 2.45) is 0 Å². The fourth-order valence-electron chi connectivity index (χ4n) is 5.18. The Balaban J connectivity index is 0.000000327. The van der Waals surface area contributed by atoms with Crippen LogP contribution in [0.5, 0.6) is 0 Å². The first-order valence-corrected chi connectivity index (χ1v) is 19.9. The second-order valence-corrected chi connectivity index (χ2v) is 15.0. The molecule has 0 amide bonds. The van der Waals surface area contributed by atoms with Crippen LogP contribution < -0.4 is 0 Å². The van der Waals surface area contributed by atoms with Gasteiger partial charge >= 0.3 is 28.1 Å². The Morgan fingerprint density at radius 2 is 0.883 bits per heavy atom. The number of pyridine rings is 4. The molecule has 0 unspecified atom stereocenters. The molecule has 0 aliphatic heterocycles. The standard InChI is InChI=1S/C31H25N5.C7H8.2CHF3O3S.Fe/c1-3-11-27-23(9-1)15-17-25(34-27)21-36(22-26-18-16-24-10-2-4-12-28(24)35-26)31(29-13-5-7-19-32-29)30-14-6-8-20-33-30;1-7-5-3-2-4-6-7;2*2-1(3,4)8(5,6)7;/h1-20,31H,21-22H2;2-6H,1H3;2*(H,5,6,7);/q;;;;+3/p-2. The summed E-state index contributed by atoms with van der Waals surface area (Å²) in [6.45, 7) is 3.33. The van der Waals surface area contributed by atoms with Crippen LogP contribution in [-0.2, 0) is 50.4 Å². The summed E-state index contributed by atoms with van der Waals surface area (Å²) in [5.41, 5.74) is -4.12. The number of alkyl halides is 6. The molecule has 0 saturated carbocycles. The number of hydrogen-bond acceptors (Lipinski definition) is 11. The Bertz CT molecular complexity index is 2470. The summed E-state index contributed by atoms with van der Waals surface area (Å²) in [5.74, 6) is 0. The minimum Gasteiger partial charge on any atom is -0.741 e. The second-order valence-electron chi connectivity index (χ2n) is 12.3. The molecule has 60 heavy (non-hydrogen) atoms. The first-order chi connectivity index (χ1) is 27.7. The van der Waals surface area contributed by atoms with Gasteiger partial charge in [0.05, 0.1) is 39.9 Å². The maximum atomic E-state index is 10.7. The van der Waals surface area contributed by atoms with Gasteiger partial charge in [0.1, 0.15) is 0 Å². The van der Waals surface area contributed by atoms with E-state index < -0.39 is 31.3 Å². The molecule has 11 nitrogen and oxygen atoms in total. The van der Waals surface area contributed by atoms with Crippen molar-refractivity contribution in [3.8, 4) is 0 Å². The van der Waals surface area contributed by atoms with E-state index in [1.54, 1.807) is 0 Å². The van der Waals surface area contributed by atoms with Gasteiger partial charge < -0.3 is 9.11 Å². The van der Waals surface area contributed by atoms with Crippen LogP contribution in [0.2, 0.25) is 0 Å². The molecular weight excluding hydrogens is 880 g/mol. The maximum absolute atomic E-state index is 10.7. The molecule has 0 bridgehead atoms. The monoisotopic (exact) mass is 913 g/mol. The maximum Gasteiger partial charge on any atom is 3.00 e. The van der Waals surface area contributed by atoms with E-state index >= 15 is 0 Å². The zero-order valence-electron chi connectivity index (χ0n) is 31.0. The summed E-state index contributed by atoms with van der Waals surface area (Å²) in [5, 5.41) is 2.27. The smallest absolute Gasteiger partial charge is 0.741 e. The predicted octanol–water partition coefficient (Wildman–Crippen LogP) is 8.46. The summed E-state index contributed by atoms with van der Waals surface area (Å²) < 4.78 is 118. The van der Waals surface area contributed by atoms with Gasteiger partial charge in [0.2, 0.25) is 0 Å². The van der Waals surface area contributed by atoms with E-state index in [1.165, 1.54) is 5.56 Å². The molecular formula is C40H33F6FeN5O6S2+. The minimum atomic E-state index is -6.09. The van der Waals surface area contributed by atoms with E-state index in [9.17, 15) is 26.3 Å². The van der Waals surface area contributed by atoms with Crippen molar-refractivity contribution in [3.63, 3.8) is 0 Å². The number of benzene rings is 3. The average Bonchev–Trinajstić information content (AvgIpc) is 3.18. The summed E-state index contributed by atoms with van der Waals surface area (Å²) in [7, 11) is -12.2. The Labute approximate surface area is 352 Å². The summed E-state index contributed by atoms with van der Waals surface area (Å²) in [4.78, 5) is 21.8. The molecule has 7 rings (SSSR count). The number of para-hydroxylation sites is 2. The molecule has 0 fully saturated rings. The van der Waals surface area contributed by atoms with Gasteiger partial charge in [0, 0.05) is 36.3 Å². The van der Waals surface area contributed by atoms with Crippen molar-refractivity contribution in [2.75, 3.05) is 0 Å². The van der Waals surface area contributed by atoms with Crippen LogP contribution in [0.15, 0.2) is 152 Å². The molecule has 4 aromatic heterocycles. The molecule has 20 heteroatoms. The van der Waals surface area contributed by atoms with Crippen LogP contribution in [0.4, 0.5) is 26.3 Å². The van der Waals surface area contributed by atoms with Gasteiger partial charge in [-0.2, -0.15) is 26.3 Å². The molecule has 0 N–H and O–H groups in total. The molecule has 7 aromatic rings. The first-order valence-electron chi connectivity index (χ1n) is 17.0. The number of halogens is 6. The van der Waals surface area contributed by atoms with E-state index in [1.807, 2.05) is 79.1 Å². The topological polar surface area (TPSA) is 169 Å². The van der Waals surface area contributed by atoms with Crippen LogP contribution >= 0.6 is 0 Å². The van der Waals surface area contributed by atoms with Gasteiger partial charge in [0.25, 0.3) is 0 Å². The Morgan fingerprint density at radius 3 is 1.20 bits per heavy atom. The molecule has 3 aromatic carbocycles. The van der Waals surface area contributed by atoms with Gasteiger partial charge in [0.15, 0.2) is 20.2 Å². The van der Waals surface area contributed by atoms with Crippen molar-refractivity contribution in [3.05, 3.63) is 180 Å². The molecule has 0 aliphatic rings. The second kappa shape index (κ2) is 21.8. The predicted molar refractivity (Wildman–Crippen MR) is 206 cm³/mol. The van der Waals surface area contributed by atoms with Gasteiger partial charge in [-0.1, -0.05) is 96.6 Å². The number of nitrogens with zero attached hydrogens (tertiary/aromatic N) is 5. The fraction of sp³-hybridized carbons (Fsp3) is 0.150. The van der Waals surface area contributed by atoms with Crippen molar-refractivity contribution in [1.82, 2.24) is 24.8 Å². The average molecular weight is 914 g/mol. The van der Waals surface area contributed by atoms with Crippen LogP contribution in [0.1, 0.15) is 34.4 Å². The van der Waals surface area contributed by atoms with E-state index in [0.29, 0.717) is 13.1 Å². The van der Waals surface area contributed by atoms with Crippen LogP contribution in [0.25, 0.3) is 21.8 Å². The van der Waals surface area contributed by atoms with Crippen LogP contribution in [0, 0.1) is 6.92 Å². The van der Waals surface area contributed by atoms with E-state index in [-0.39, 0.29) is 23.1 Å². The largest absolute Gasteiger partial charge is 3.00 e. The van der Waals surface area contributed by atoms with Gasteiger partial charge in [-0.05, 0) is 55.5 Å². The molecule has 0 atom stereocenters. The summed E-state index contributed by atoms with van der Waals surface area (Å²) >= 11 is 0. The molecule has 1 radical (unpaired) electrons. The Hall–Kier alpha value is -5.34. The van der Waals surface area contributed by atoms with Crippen molar-refractivity contribution < 1.29 is 69.4 Å². The van der Waals surface area contributed by atoms with Gasteiger partial charge in [-0.15, -0.1) is 0 Å². The van der Waals surface area contributed by atoms with E-state index in [2.05, 4.69) is 84.6 Å². The number of hydrogen-bond donors (Lipinski definition) is 0. The number of rotatable bonds is 7. The summed E-state index contributed by atoms with van der Waals surface area (Å²) in [6.07, 6.45) is 3.68. The van der Waals surface area contributed by atoms with Crippen LogP contribution in [-0.4, -0.2) is 61.8 Å².